The number of rotatable bonds is 1. The van der Waals surface area contributed by atoms with Gasteiger partial charge in [-0.25, -0.2) is 4.98 Å². The average molecular weight is 237 g/mol. The van der Waals surface area contributed by atoms with Crippen LogP contribution in [-0.4, -0.2) is 9.97 Å². The topological polar surface area (TPSA) is 54.7 Å². The number of H-pyrrole nitrogens is 1. The molecule has 3 N–H and O–H groups in total. The van der Waals surface area contributed by atoms with E-state index in [4.69, 9.17) is 5.73 Å². The van der Waals surface area contributed by atoms with Crippen molar-refractivity contribution in [1.29, 1.82) is 0 Å². The number of anilines is 1. The molecule has 90 valence electrons. The minimum absolute atomic E-state index is 0.708. The van der Waals surface area contributed by atoms with Crippen molar-refractivity contribution in [2.75, 3.05) is 5.73 Å². The monoisotopic (exact) mass is 237 g/mol. The van der Waals surface area contributed by atoms with Crippen LogP contribution in [0, 0.1) is 13.8 Å². The van der Waals surface area contributed by atoms with Crippen LogP contribution in [-0.2, 0) is 0 Å². The van der Waals surface area contributed by atoms with Crippen LogP contribution < -0.4 is 5.73 Å². The van der Waals surface area contributed by atoms with E-state index in [0.717, 1.165) is 22.4 Å². The van der Waals surface area contributed by atoms with Gasteiger partial charge in [0.05, 0.1) is 11.2 Å². The van der Waals surface area contributed by atoms with E-state index >= 15 is 0 Å². The second-order valence-electron chi connectivity index (χ2n) is 4.65. The zero-order chi connectivity index (χ0) is 12.7. The van der Waals surface area contributed by atoms with Gasteiger partial charge in [0.15, 0.2) is 0 Å². The van der Waals surface area contributed by atoms with E-state index in [1.54, 1.807) is 0 Å². The molecular weight excluding hydrogens is 222 g/mol. The Kier molecular flexibility index (Phi) is 2.33. The fourth-order valence-electron chi connectivity index (χ4n) is 2.26. The lowest BCUT2D eigenvalue weighted by molar-refractivity contribution is 1.29. The highest BCUT2D eigenvalue weighted by Gasteiger charge is 2.09. The van der Waals surface area contributed by atoms with Crippen LogP contribution in [0.5, 0.6) is 0 Å². The maximum Gasteiger partial charge on any atom is 0.138 e. The maximum atomic E-state index is 5.93. The summed E-state index contributed by atoms with van der Waals surface area (Å²) < 4.78 is 0. The predicted molar refractivity (Wildman–Crippen MR) is 75.4 cm³/mol. The van der Waals surface area contributed by atoms with Gasteiger partial charge in [-0.1, -0.05) is 29.8 Å². The van der Waals surface area contributed by atoms with Crippen LogP contribution >= 0.6 is 0 Å². The molecule has 0 saturated heterocycles. The molecule has 0 atom stereocenters. The highest BCUT2D eigenvalue weighted by atomic mass is 14.9. The largest absolute Gasteiger partial charge is 0.397 e. The average Bonchev–Trinajstić information content (AvgIpc) is 2.74. The van der Waals surface area contributed by atoms with Crippen LogP contribution in [0.25, 0.3) is 22.4 Å². The second kappa shape index (κ2) is 3.88. The fraction of sp³-hybridized carbons (Fsp3) is 0.133. The number of nitrogen functional groups attached to an aromatic ring is 1. The molecule has 2 aromatic carbocycles. The summed E-state index contributed by atoms with van der Waals surface area (Å²) in [5, 5.41) is 0. The Morgan fingerprint density at radius 1 is 1.11 bits per heavy atom. The first-order chi connectivity index (χ1) is 8.65. The zero-order valence-electron chi connectivity index (χ0n) is 10.5. The van der Waals surface area contributed by atoms with E-state index in [1.807, 2.05) is 18.2 Å². The first-order valence-corrected chi connectivity index (χ1v) is 5.97. The molecule has 0 amide bonds. The molecule has 1 aromatic heterocycles. The van der Waals surface area contributed by atoms with E-state index in [2.05, 4.69) is 42.0 Å². The molecule has 0 radical (unpaired) electrons. The van der Waals surface area contributed by atoms with Gasteiger partial charge in [0, 0.05) is 5.56 Å². The molecule has 0 aliphatic carbocycles. The number of nitrogens with two attached hydrogens (primary N) is 1. The lowest BCUT2D eigenvalue weighted by atomic mass is 10.1. The Morgan fingerprint density at radius 2 is 1.94 bits per heavy atom. The molecule has 0 spiro atoms. The first-order valence-electron chi connectivity index (χ1n) is 5.97. The van der Waals surface area contributed by atoms with Gasteiger partial charge < -0.3 is 10.7 Å². The van der Waals surface area contributed by atoms with Crippen LogP contribution in [0.1, 0.15) is 11.1 Å². The Balaban J connectivity index is 2.23. The van der Waals surface area contributed by atoms with E-state index in [0.29, 0.717) is 5.69 Å². The molecule has 0 unspecified atom stereocenters. The molecule has 0 aliphatic rings. The number of imidazole rings is 1. The number of hydrogen-bond acceptors (Lipinski definition) is 2. The molecule has 0 fully saturated rings. The standard InChI is InChI=1S/C15H15N3/c1-9-6-7-11(10(2)8-9)15-17-13-5-3-4-12(16)14(13)18-15/h3-8H,16H2,1-2H3,(H,17,18). The Hall–Kier alpha value is -2.29. The Labute approximate surface area is 106 Å². The van der Waals surface area contributed by atoms with Crippen molar-refractivity contribution in [1.82, 2.24) is 9.97 Å². The molecule has 3 aromatic rings. The summed E-state index contributed by atoms with van der Waals surface area (Å²) in [6.07, 6.45) is 0. The van der Waals surface area contributed by atoms with E-state index in [9.17, 15) is 0 Å². The molecule has 3 heteroatoms. The summed E-state index contributed by atoms with van der Waals surface area (Å²) in [6, 6.07) is 12.1. The van der Waals surface area contributed by atoms with Crippen molar-refractivity contribution < 1.29 is 0 Å². The predicted octanol–water partition coefficient (Wildman–Crippen LogP) is 3.43. The van der Waals surface area contributed by atoms with Crippen LogP contribution in [0.15, 0.2) is 36.4 Å². The number of fused-ring (bicyclic) bond motifs is 1. The third-order valence-corrected chi connectivity index (χ3v) is 3.18. The third kappa shape index (κ3) is 1.64. The van der Waals surface area contributed by atoms with E-state index in [-0.39, 0.29) is 0 Å². The lowest BCUT2D eigenvalue weighted by Crippen LogP contribution is -1.87. The number of nitrogens with zero attached hydrogens (tertiary/aromatic N) is 1. The number of aromatic nitrogens is 2. The number of hydrogen-bond donors (Lipinski definition) is 2. The number of nitrogens with one attached hydrogen (secondary N) is 1. The summed E-state index contributed by atoms with van der Waals surface area (Å²) in [7, 11) is 0. The summed E-state index contributed by atoms with van der Waals surface area (Å²) in [5.74, 6) is 0.875. The molecule has 18 heavy (non-hydrogen) atoms. The van der Waals surface area contributed by atoms with Crippen LogP contribution in [0.3, 0.4) is 0 Å². The quantitative estimate of drug-likeness (QED) is 0.637. The molecule has 0 bridgehead atoms. The van der Waals surface area contributed by atoms with Crippen molar-refractivity contribution in [3.8, 4) is 11.4 Å². The van der Waals surface area contributed by atoms with Gasteiger partial charge in [-0.15, -0.1) is 0 Å². The zero-order valence-corrected chi connectivity index (χ0v) is 10.5. The van der Waals surface area contributed by atoms with Crippen molar-refractivity contribution in [3.05, 3.63) is 47.5 Å². The summed E-state index contributed by atoms with van der Waals surface area (Å²) in [5.41, 5.74) is 12.0. The second-order valence-corrected chi connectivity index (χ2v) is 4.65. The summed E-state index contributed by atoms with van der Waals surface area (Å²) in [4.78, 5) is 7.91. The fourth-order valence-corrected chi connectivity index (χ4v) is 2.26. The van der Waals surface area contributed by atoms with Crippen molar-refractivity contribution in [2.45, 2.75) is 13.8 Å². The minimum Gasteiger partial charge on any atom is -0.397 e. The van der Waals surface area contributed by atoms with E-state index < -0.39 is 0 Å². The molecule has 3 nitrogen and oxygen atoms in total. The SMILES string of the molecule is Cc1ccc(-c2nc3c(N)cccc3[nH]2)c(C)c1. The van der Waals surface area contributed by atoms with Crippen LogP contribution in [0.2, 0.25) is 0 Å². The van der Waals surface area contributed by atoms with Gasteiger partial charge in [-0.05, 0) is 31.5 Å². The molecule has 0 aliphatic heterocycles. The van der Waals surface area contributed by atoms with E-state index in [1.165, 1.54) is 11.1 Å². The Bertz CT molecular complexity index is 726. The van der Waals surface area contributed by atoms with Gasteiger partial charge in [-0.2, -0.15) is 0 Å². The van der Waals surface area contributed by atoms with Gasteiger partial charge in [0.1, 0.15) is 11.3 Å². The van der Waals surface area contributed by atoms with Gasteiger partial charge in [-0.3, -0.25) is 0 Å². The number of para-hydroxylation sites is 1. The lowest BCUT2D eigenvalue weighted by Gasteiger charge is -2.03. The number of aryl methyl sites for hydroxylation is 2. The summed E-state index contributed by atoms with van der Waals surface area (Å²) in [6.45, 7) is 4.19. The highest BCUT2D eigenvalue weighted by molar-refractivity contribution is 5.89. The normalized spacial score (nSPS) is 11.0. The van der Waals surface area contributed by atoms with Gasteiger partial charge in [0.25, 0.3) is 0 Å². The first kappa shape index (κ1) is 10.8. The summed E-state index contributed by atoms with van der Waals surface area (Å²) >= 11 is 0. The molecule has 1 heterocycles. The molecule has 3 rings (SSSR count). The Morgan fingerprint density at radius 3 is 2.67 bits per heavy atom. The third-order valence-electron chi connectivity index (χ3n) is 3.18. The molecule has 0 saturated carbocycles. The van der Waals surface area contributed by atoms with Gasteiger partial charge in [0.2, 0.25) is 0 Å². The van der Waals surface area contributed by atoms with Gasteiger partial charge >= 0.3 is 0 Å². The van der Waals surface area contributed by atoms with Crippen molar-refractivity contribution in [3.63, 3.8) is 0 Å². The number of benzene rings is 2. The smallest absolute Gasteiger partial charge is 0.138 e. The van der Waals surface area contributed by atoms with Crippen LogP contribution in [0.4, 0.5) is 5.69 Å². The number of aromatic amines is 1. The van der Waals surface area contributed by atoms with Crippen molar-refractivity contribution in [2.24, 2.45) is 0 Å². The van der Waals surface area contributed by atoms with Crippen molar-refractivity contribution >= 4 is 16.7 Å². The highest BCUT2D eigenvalue weighted by Crippen LogP contribution is 2.26. The maximum absolute atomic E-state index is 5.93. The molecular formula is C15H15N3. The minimum atomic E-state index is 0.708.